The highest BCUT2D eigenvalue weighted by Crippen LogP contribution is 2.15. The molecule has 2 amide bonds. The van der Waals surface area contributed by atoms with Gasteiger partial charge in [-0.1, -0.05) is 13.8 Å². The van der Waals surface area contributed by atoms with Crippen molar-refractivity contribution in [3.05, 3.63) is 45.9 Å². The van der Waals surface area contributed by atoms with Gasteiger partial charge in [0.05, 0.1) is 17.3 Å². The van der Waals surface area contributed by atoms with Crippen LogP contribution in [0.4, 0.5) is 4.79 Å². The van der Waals surface area contributed by atoms with Crippen molar-refractivity contribution in [3.63, 3.8) is 0 Å². The van der Waals surface area contributed by atoms with Crippen molar-refractivity contribution in [3.8, 4) is 5.75 Å². The summed E-state index contributed by atoms with van der Waals surface area (Å²) in [5.41, 5.74) is 1.42. The molecule has 1 heterocycles. The van der Waals surface area contributed by atoms with Gasteiger partial charge in [-0.2, -0.15) is 0 Å². The standard InChI is InChI=1S/C21H29N3O4S/c1-5-27-21(26)24-17(10-14(2)3)11-22-20(25)16-6-8-19(9-7-16)28-12-18-13-29-15(4)23-18/h6-9,13-14,17H,5,10-12H2,1-4H3,(H,22,25)(H,24,26). The molecule has 0 spiro atoms. The van der Waals surface area contributed by atoms with Crippen molar-refractivity contribution in [2.75, 3.05) is 13.2 Å². The Kier molecular flexibility index (Phi) is 8.92. The highest BCUT2D eigenvalue weighted by Gasteiger charge is 2.16. The Morgan fingerprint density at radius 1 is 1.21 bits per heavy atom. The van der Waals surface area contributed by atoms with Gasteiger partial charge in [-0.3, -0.25) is 4.79 Å². The Labute approximate surface area is 175 Å². The van der Waals surface area contributed by atoms with Crippen LogP contribution in [-0.4, -0.2) is 36.2 Å². The van der Waals surface area contributed by atoms with Crippen LogP contribution in [0.25, 0.3) is 0 Å². The maximum atomic E-state index is 12.4. The average molecular weight is 420 g/mol. The summed E-state index contributed by atoms with van der Waals surface area (Å²) in [7, 11) is 0. The third-order valence-electron chi connectivity index (χ3n) is 4.03. The van der Waals surface area contributed by atoms with Crippen molar-refractivity contribution in [1.29, 1.82) is 0 Å². The minimum Gasteiger partial charge on any atom is -0.487 e. The van der Waals surface area contributed by atoms with E-state index in [4.69, 9.17) is 9.47 Å². The highest BCUT2D eigenvalue weighted by molar-refractivity contribution is 7.09. The van der Waals surface area contributed by atoms with E-state index in [1.54, 1.807) is 42.5 Å². The number of rotatable bonds is 10. The maximum Gasteiger partial charge on any atom is 0.407 e. The molecule has 0 bridgehead atoms. The number of aromatic nitrogens is 1. The minimum atomic E-state index is -0.468. The zero-order valence-electron chi connectivity index (χ0n) is 17.4. The number of benzene rings is 1. The second kappa shape index (κ2) is 11.4. The molecular formula is C21H29N3O4S. The number of hydrogen-bond donors (Lipinski definition) is 2. The fourth-order valence-electron chi connectivity index (χ4n) is 2.75. The zero-order valence-corrected chi connectivity index (χ0v) is 18.2. The molecule has 0 saturated heterocycles. The first-order chi connectivity index (χ1) is 13.9. The fraction of sp³-hybridized carbons (Fsp3) is 0.476. The number of carbonyl (C=O) groups excluding carboxylic acids is 2. The van der Waals surface area contributed by atoms with E-state index in [2.05, 4.69) is 29.5 Å². The van der Waals surface area contributed by atoms with E-state index >= 15 is 0 Å². The van der Waals surface area contributed by atoms with E-state index in [1.807, 2.05) is 12.3 Å². The van der Waals surface area contributed by atoms with Gasteiger partial charge in [0, 0.05) is 23.5 Å². The monoisotopic (exact) mass is 419 g/mol. The maximum absolute atomic E-state index is 12.4. The van der Waals surface area contributed by atoms with Gasteiger partial charge in [-0.15, -0.1) is 11.3 Å². The first-order valence-corrected chi connectivity index (χ1v) is 10.6. The lowest BCUT2D eigenvalue weighted by Gasteiger charge is -2.20. The van der Waals surface area contributed by atoms with Gasteiger partial charge in [-0.25, -0.2) is 9.78 Å². The summed E-state index contributed by atoms with van der Waals surface area (Å²) in [6.45, 7) is 8.87. The average Bonchev–Trinajstić information content (AvgIpc) is 3.09. The van der Waals surface area contributed by atoms with Crippen LogP contribution in [-0.2, 0) is 11.3 Å². The van der Waals surface area contributed by atoms with Crippen molar-refractivity contribution >= 4 is 23.3 Å². The summed E-state index contributed by atoms with van der Waals surface area (Å²) in [6.07, 6.45) is 0.270. The molecule has 0 aliphatic carbocycles. The summed E-state index contributed by atoms with van der Waals surface area (Å²) in [4.78, 5) is 28.5. The Hall–Kier alpha value is -2.61. The van der Waals surface area contributed by atoms with Crippen LogP contribution >= 0.6 is 11.3 Å². The number of nitrogens with one attached hydrogen (secondary N) is 2. The third-order valence-corrected chi connectivity index (χ3v) is 4.85. The van der Waals surface area contributed by atoms with Crippen LogP contribution in [0.2, 0.25) is 0 Å². The Balaban J connectivity index is 1.85. The number of ether oxygens (including phenoxy) is 2. The smallest absolute Gasteiger partial charge is 0.407 e. The van der Waals surface area contributed by atoms with E-state index < -0.39 is 6.09 Å². The van der Waals surface area contributed by atoms with Gasteiger partial charge in [-0.05, 0) is 50.5 Å². The van der Waals surface area contributed by atoms with Crippen molar-refractivity contribution in [1.82, 2.24) is 15.6 Å². The summed E-state index contributed by atoms with van der Waals surface area (Å²) < 4.78 is 10.6. The van der Waals surface area contributed by atoms with Gasteiger partial charge >= 0.3 is 6.09 Å². The second-order valence-corrected chi connectivity index (χ2v) is 8.13. The first-order valence-electron chi connectivity index (χ1n) is 9.72. The van der Waals surface area contributed by atoms with Crippen LogP contribution in [0.3, 0.4) is 0 Å². The van der Waals surface area contributed by atoms with Gasteiger partial charge in [0.1, 0.15) is 12.4 Å². The molecule has 1 atom stereocenters. The normalized spacial score (nSPS) is 11.8. The number of hydrogen-bond acceptors (Lipinski definition) is 6. The number of nitrogens with zero attached hydrogens (tertiary/aromatic N) is 1. The molecule has 2 rings (SSSR count). The second-order valence-electron chi connectivity index (χ2n) is 7.07. The Bertz CT molecular complexity index is 789. The fourth-order valence-corrected chi connectivity index (χ4v) is 3.35. The summed E-state index contributed by atoms with van der Waals surface area (Å²) in [5, 5.41) is 8.64. The summed E-state index contributed by atoms with van der Waals surface area (Å²) >= 11 is 1.59. The van der Waals surface area contributed by atoms with Crippen LogP contribution in [0.5, 0.6) is 5.75 Å². The predicted molar refractivity (Wildman–Crippen MR) is 113 cm³/mol. The predicted octanol–water partition coefficient (Wildman–Crippen LogP) is 3.92. The topological polar surface area (TPSA) is 89.6 Å². The SMILES string of the molecule is CCOC(=O)NC(CNC(=O)c1ccc(OCc2csc(C)n2)cc1)CC(C)C. The van der Waals surface area contributed by atoms with Gasteiger partial charge in [0.15, 0.2) is 0 Å². The number of alkyl carbamates (subject to hydrolysis) is 1. The van der Waals surface area contributed by atoms with Crippen molar-refractivity contribution < 1.29 is 19.1 Å². The molecule has 0 aliphatic heterocycles. The van der Waals surface area contributed by atoms with E-state index in [0.717, 1.165) is 17.1 Å². The van der Waals surface area contributed by atoms with E-state index in [0.29, 0.717) is 37.0 Å². The third kappa shape index (κ3) is 8.11. The van der Waals surface area contributed by atoms with Crippen molar-refractivity contribution in [2.24, 2.45) is 5.92 Å². The largest absolute Gasteiger partial charge is 0.487 e. The zero-order chi connectivity index (χ0) is 21.2. The van der Waals surface area contributed by atoms with E-state index in [9.17, 15) is 9.59 Å². The molecule has 0 aliphatic rings. The van der Waals surface area contributed by atoms with Crippen molar-refractivity contribution in [2.45, 2.75) is 46.8 Å². The molecule has 7 nitrogen and oxygen atoms in total. The molecule has 2 aromatic rings. The highest BCUT2D eigenvalue weighted by atomic mass is 32.1. The summed E-state index contributed by atoms with van der Waals surface area (Å²) in [5.74, 6) is 0.844. The number of carbonyl (C=O) groups is 2. The van der Waals surface area contributed by atoms with E-state index in [1.165, 1.54) is 0 Å². The van der Waals surface area contributed by atoms with Gasteiger partial charge < -0.3 is 20.1 Å². The lowest BCUT2D eigenvalue weighted by Crippen LogP contribution is -2.44. The number of amides is 2. The summed E-state index contributed by atoms with van der Waals surface area (Å²) in [6, 6.07) is 6.76. The molecule has 1 aromatic heterocycles. The lowest BCUT2D eigenvalue weighted by molar-refractivity contribution is 0.0944. The molecule has 158 valence electrons. The Morgan fingerprint density at radius 3 is 2.52 bits per heavy atom. The molecule has 8 heteroatoms. The molecule has 0 fully saturated rings. The van der Waals surface area contributed by atoms with Crippen LogP contribution < -0.4 is 15.4 Å². The van der Waals surface area contributed by atoms with E-state index in [-0.39, 0.29) is 11.9 Å². The Morgan fingerprint density at radius 2 is 1.93 bits per heavy atom. The number of aryl methyl sites for hydroxylation is 1. The molecular weight excluding hydrogens is 390 g/mol. The molecule has 29 heavy (non-hydrogen) atoms. The van der Waals surface area contributed by atoms with Crippen LogP contribution in [0, 0.1) is 12.8 Å². The van der Waals surface area contributed by atoms with Gasteiger partial charge in [0.25, 0.3) is 5.91 Å². The van der Waals surface area contributed by atoms with Gasteiger partial charge in [0.2, 0.25) is 0 Å². The minimum absolute atomic E-state index is 0.192. The molecule has 1 aromatic carbocycles. The quantitative estimate of drug-likeness (QED) is 0.609. The molecule has 1 unspecified atom stereocenters. The molecule has 0 radical (unpaired) electrons. The lowest BCUT2D eigenvalue weighted by atomic mass is 10.0. The molecule has 0 saturated carbocycles. The number of thiazole rings is 1. The van der Waals surface area contributed by atoms with Crippen LogP contribution in [0.1, 0.15) is 48.3 Å². The first kappa shape index (κ1) is 22.7. The van der Waals surface area contributed by atoms with Crippen LogP contribution in [0.15, 0.2) is 29.6 Å². The molecule has 2 N–H and O–H groups in total.